The Morgan fingerprint density at radius 3 is 2.36 bits per heavy atom. The second kappa shape index (κ2) is 9.26. The maximum Gasteiger partial charge on any atom is 0.408 e. The molecule has 1 rings (SSSR count). The van der Waals surface area contributed by atoms with Gasteiger partial charge < -0.3 is 10.1 Å². The normalized spacial score (nSPS) is 11.6. The molecule has 8 heteroatoms. The molecule has 25 heavy (non-hydrogen) atoms. The summed E-state index contributed by atoms with van der Waals surface area (Å²) in [5.74, 6) is -0.620. The fraction of sp³-hybridized carbons (Fsp3) is 0.412. The van der Waals surface area contributed by atoms with Gasteiger partial charge in [0.05, 0.1) is 17.7 Å². The van der Waals surface area contributed by atoms with E-state index in [9.17, 15) is 9.59 Å². The lowest BCUT2D eigenvalue weighted by molar-refractivity contribution is -0.134. The zero-order valence-electron chi connectivity index (χ0n) is 14.3. The van der Waals surface area contributed by atoms with E-state index in [-0.39, 0.29) is 13.0 Å². The van der Waals surface area contributed by atoms with E-state index in [2.05, 4.69) is 15.6 Å². The molecule has 0 aromatic heterocycles. The van der Waals surface area contributed by atoms with Crippen molar-refractivity contribution in [2.45, 2.75) is 38.8 Å². The van der Waals surface area contributed by atoms with Crippen molar-refractivity contribution < 1.29 is 19.2 Å². The molecule has 2 amide bonds. The Kier molecular flexibility index (Phi) is 7.39. The van der Waals surface area contributed by atoms with E-state index in [4.69, 9.17) is 15.3 Å². The van der Waals surface area contributed by atoms with Gasteiger partial charge in [-0.1, -0.05) is 12.1 Å². The van der Waals surface area contributed by atoms with Crippen molar-refractivity contribution in [1.82, 2.24) is 10.8 Å². The SMILES string of the molecule is CC(C)(C)OC(=O)N[C@@H](Cc1ccc(C#N)cc1)C(=O)NOCC#N. The molecule has 1 aromatic rings. The second-order valence-corrected chi connectivity index (χ2v) is 6.12. The van der Waals surface area contributed by atoms with Crippen molar-refractivity contribution in [3.63, 3.8) is 0 Å². The summed E-state index contributed by atoms with van der Waals surface area (Å²) in [6.45, 7) is 4.80. The molecule has 8 nitrogen and oxygen atoms in total. The zero-order chi connectivity index (χ0) is 18.9. The molecule has 0 aliphatic heterocycles. The maximum absolute atomic E-state index is 12.2. The summed E-state index contributed by atoms with van der Waals surface area (Å²) in [5, 5.41) is 19.7. The Morgan fingerprint density at radius 2 is 1.84 bits per heavy atom. The van der Waals surface area contributed by atoms with Crippen LogP contribution in [0.1, 0.15) is 31.9 Å². The van der Waals surface area contributed by atoms with Gasteiger partial charge in [0, 0.05) is 6.42 Å². The first kappa shape index (κ1) is 19.9. The average Bonchev–Trinajstić information content (AvgIpc) is 2.53. The van der Waals surface area contributed by atoms with E-state index < -0.39 is 23.6 Å². The van der Waals surface area contributed by atoms with Crippen molar-refractivity contribution in [2.75, 3.05) is 6.61 Å². The number of nitrogens with zero attached hydrogens (tertiary/aromatic N) is 2. The quantitative estimate of drug-likeness (QED) is 0.596. The van der Waals surface area contributed by atoms with Crippen LogP contribution in [-0.4, -0.2) is 30.3 Å². The van der Waals surface area contributed by atoms with E-state index >= 15 is 0 Å². The predicted molar refractivity (Wildman–Crippen MR) is 87.7 cm³/mol. The topological polar surface area (TPSA) is 124 Å². The first-order valence-electron chi connectivity index (χ1n) is 7.52. The number of carbonyl (C=O) groups is 2. The van der Waals surface area contributed by atoms with Crippen LogP contribution in [0.15, 0.2) is 24.3 Å². The van der Waals surface area contributed by atoms with Gasteiger partial charge in [0.25, 0.3) is 5.91 Å². The van der Waals surface area contributed by atoms with Crippen molar-refractivity contribution >= 4 is 12.0 Å². The number of hydrogen-bond donors (Lipinski definition) is 2. The van der Waals surface area contributed by atoms with Gasteiger partial charge in [-0.25, -0.2) is 10.3 Å². The lowest BCUT2D eigenvalue weighted by Crippen LogP contribution is -2.49. The Labute approximate surface area is 146 Å². The summed E-state index contributed by atoms with van der Waals surface area (Å²) in [7, 11) is 0. The minimum absolute atomic E-state index is 0.159. The molecule has 0 saturated heterocycles. The molecular weight excluding hydrogens is 324 g/mol. The summed E-state index contributed by atoms with van der Waals surface area (Å²) in [6, 6.07) is 9.35. The highest BCUT2D eigenvalue weighted by atomic mass is 16.6. The van der Waals surface area contributed by atoms with Gasteiger partial charge in [-0.05, 0) is 38.5 Å². The van der Waals surface area contributed by atoms with E-state index in [0.717, 1.165) is 5.56 Å². The molecule has 0 bridgehead atoms. The lowest BCUT2D eigenvalue weighted by Gasteiger charge is -2.23. The number of amides is 2. The Hall–Kier alpha value is -3.10. The molecule has 0 fully saturated rings. The fourth-order valence-corrected chi connectivity index (χ4v) is 1.82. The van der Waals surface area contributed by atoms with E-state index in [1.54, 1.807) is 51.1 Å². The van der Waals surface area contributed by atoms with Gasteiger partial charge in [0.2, 0.25) is 0 Å². The van der Waals surface area contributed by atoms with Gasteiger partial charge in [0.1, 0.15) is 11.6 Å². The Balaban J connectivity index is 2.82. The van der Waals surface area contributed by atoms with Crippen molar-refractivity contribution in [1.29, 1.82) is 10.5 Å². The van der Waals surface area contributed by atoms with Gasteiger partial charge in [-0.2, -0.15) is 10.5 Å². The number of alkyl carbamates (subject to hydrolysis) is 1. The van der Waals surface area contributed by atoms with Crippen LogP contribution in [0.5, 0.6) is 0 Å². The zero-order valence-corrected chi connectivity index (χ0v) is 14.3. The van der Waals surface area contributed by atoms with Gasteiger partial charge >= 0.3 is 6.09 Å². The molecule has 0 saturated carbocycles. The monoisotopic (exact) mass is 344 g/mol. The van der Waals surface area contributed by atoms with Crippen LogP contribution in [0.4, 0.5) is 4.79 Å². The van der Waals surface area contributed by atoms with Crippen molar-refractivity contribution in [3.8, 4) is 12.1 Å². The Bertz CT molecular complexity index is 681. The molecule has 0 spiro atoms. The van der Waals surface area contributed by atoms with E-state index in [0.29, 0.717) is 5.56 Å². The number of nitrogens with one attached hydrogen (secondary N) is 2. The molecule has 2 N–H and O–H groups in total. The van der Waals surface area contributed by atoms with Gasteiger partial charge in [-0.15, -0.1) is 0 Å². The summed E-state index contributed by atoms with van der Waals surface area (Å²) < 4.78 is 5.15. The highest BCUT2D eigenvalue weighted by Crippen LogP contribution is 2.09. The highest BCUT2D eigenvalue weighted by molar-refractivity contribution is 5.85. The van der Waals surface area contributed by atoms with Crippen LogP contribution < -0.4 is 10.8 Å². The maximum atomic E-state index is 12.2. The fourth-order valence-electron chi connectivity index (χ4n) is 1.82. The van der Waals surface area contributed by atoms with Crippen LogP contribution in [0, 0.1) is 22.7 Å². The van der Waals surface area contributed by atoms with Crippen LogP contribution in [-0.2, 0) is 20.8 Å². The molecule has 0 heterocycles. The molecule has 132 valence electrons. The molecule has 0 radical (unpaired) electrons. The summed E-state index contributed by atoms with van der Waals surface area (Å²) in [4.78, 5) is 28.8. The minimum Gasteiger partial charge on any atom is -0.444 e. The van der Waals surface area contributed by atoms with Gasteiger partial charge in [-0.3, -0.25) is 9.63 Å². The third kappa shape index (κ3) is 7.82. The van der Waals surface area contributed by atoms with Crippen LogP contribution >= 0.6 is 0 Å². The number of rotatable bonds is 6. The van der Waals surface area contributed by atoms with Crippen LogP contribution in [0.3, 0.4) is 0 Å². The molecule has 0 unspecified atom stereocenters. The second-order valence-electron chi connectivity index (χ2n) is 6.12. The molecule has 0 aliphatic rings. The first-order valence-corrected chi connectivity index (χ1v) is 7.52. The average molecular weight is 344 g/mol. The third-order valence-electron chi connectivity index (χ3n) is 2.84. The molecule has 1 atom stereocenters. The first-order chi connectivity index (χ1) is 11.7. The smallest absolute Gasteiger partial charge is 0.408 e. The Morgan fingerprint density at radius 1 is 1.20 bits per heavy atom. The number of benzene rings is 1. The highest BCUT2D eigenvalue weighted by Gasteiger charge is 2.25. The molecule has 0 aliphatic carbocycles. The summed E-state index contributed by atoms with van der Waals surface area (Å²) in [6.07, 6.45) is -0.589. The summed E-state index contributed by atoms with van der Waals surface area (Å²) in [5.41, 5.74) is 2.62. The van der Waals surface area contributed by atoms with Crippen molar-refractivity contribution in [3.05, 3.63) is 35.4 Å². The predicted octanol–water partition coefficient (Wildman–Crippen LogP) is 1.57. The summed E-state index contributed by atoms with van der Waals surface area (Å²) >= 11 is 0. The molecular formula is C17H20N4O4. The van der Waals surface area contributed by atoms with Crippen LogP contribution in [0.2, 0.25) is 0 Å². The minimum atomic E-state index is -0.971. The number of hydrogen-bond acceptors (Lipinski definition) is 6. The van der Waals surface area contributed by atoms with Crippen molar-refractivity contribution in [2.24, 2.45) is 0 Å². The van der Waals surface area contributed by atoms with Gasteiger partial charge in [0.15, 0.2) is 6.61 Å². The number of ether oxygens (including phenoxy) is 1. The number of hydroxylamine groups is 1. The lowest BCUT2D eigenvalue weighted by atomic mass is 10.0. The number of carbonyl (C=O) groups excluding carboxylic acids is 2. The number of nitriles is 2. The molecule has 1 aromatic carbocycles. The standard InChI is InChI=1S/C17H20N4O4/c1-17(2,3)25-16(23)20-14(15(22)21-24-9-8-18)10-12-4-6-13(11-19)7-5-12/h4-7,14H,9-10H2,1-3H3,(H,20,23)(H,21,22)/t14-/m0/s1. The third-order valence-corrected chi connectivity index (χ3v) is 2.84. The van der Waals surface area contributed by atoms with E-state index in [1.807, 2.05) is 6.07 Å². The largest absolute Gasteiger partial charge is 0.444 e. The van der Waals surface area contributed by atoms with Crippen LogP contribution in [0.25, 0.3) is 0 Å². The van der Waals surface area contributed by atoms with E-state index in [1.165, 1.54) is 0 Å².